The van der Waals surface area contributed by atoms with Crippen molar-refractivity contribution < 1.29 is 54.7 Å². The van der Waals surface area contributed by atoms with E-state index in [1.54, 1.807) is 12.1 Å². The molecule has 2 N–H and O–H groups in total. The Morgan fingerprint density at radius 2 is 1.23 bits per heavy atom. The quantitative estimate of drug-likeness (QED) is 0.287. The summed E-state index contributed by atoms with van der Waals surface area (Å²) in [5.74, 6) is 0. The van der Waals surface area contributed by atoms with Gasteiger partial charge in [0.2, 0.25) is 0 Å². The first kappa shape index (κ1) is 30.8. The smallest absolute Gasteiger partial charge is 0.672 e. The van der Waals surface area contributed by atoms with E-state index >= 15 is 0 Å². The van der Waals surface area contributed by atoms with Gasteiger partial charge in [0.25, 0.3) is 0 Å². The van der Waals surface area contributed by atoms with Gasteiger partial charge >= 0.3 is 35.7 Å². The number of halogens is 3. The van der Waals surface area contributed by atoms with Crippen LogP contribution in [0.4, 0.5) is 13.2 Å². The van der Waals surface area contributed by atoms with Gasteiger partial charge in [0, 0.05) is 6.26 Å². The minimum absolute atomic E-state index is 0. The third kappa shape index (κ3) is 10.6. The van der Waals surface area contributed by atoms with Crippen LogP contribution in [-0.4, -0.2) is 33.2 Å². The molecule has 0 amide bonds. The second kappa shape index (κ2) is 12.5. The molecule has 0 saturated carbocycles. The number of hydrogen-bond acceptors (Lipinski definition) is 4. The number of benzene rings is 2. The number of alkyl halides is 3. The molecule has 0 aliphatic carbocycles. The number of hydrogen-bond donors (Lipinski definition) is 1. The molecule has 0 unspecified atom stereocenters. The first-order valence-electron chi connectivity index (χ1n) is 7.49. The molecule has 0 aromatic heterocycles. The van der Waals surface area contributed by atoms with Gasteiger partial charge < -0.3 is 17.9 Å². The van der Waals surface area contributed by atoms with E-state index in [2.05, 4.69) is 4.72 Å². The van der Waals surface area contributed by atoms with Gasteiger partial charge in [-0.25, -0.2) is 8.42 Å². The van der Waals surface area contributed by atoms with Crippen LogP contribution in [0, 0.1) is 7.43 Å². The van der Waals surface area contributed by atoms with Crippen molar-refractivity contribution in [2.45, 2.75) is 17.6 Å². The molecule has 0 saturated heterocycles. The van der Waals surface area contributed by atoms with E-state index < -0.39 is 37.7 Å². The van der Waals surface area contributed by atoms with Crippen LogP contribution in [0.2, 0.25) is 0 Å². The van der Waals surface area contributed by atoms with Gasteiger partial charge in [-0.2, -0.15) is 21.6 Å². The fourth-order valence-electron chi connectivity index (χ4n) is 2.01. The largest absolute Gasteiger partial charge is 3.00 e. The minimum Gasteiger partial charge on any atom is -0.672 e. The van der Waals surface area contributed by atoms with Crippen LogP contribution in [0.3, 0.4) is 0 Å². The summed E-state index contributed by atoms with van der Waals surface area (Å²) in [6, 6.07) is 16.7. The van der Waals surface area contributed by atoms with Crippen molar-refractivity contribution in [1.29, 1.82) is 0 Å². The molecule has 0 aliphatic rings. The molecule has 0 spiro atoms. The maximum Gasteiger partial charge on any atom is 3.00 e. The van der Waals surface area contributed by atoms with E-state index in [0.717, 1.165) is 17.4 Å². The molecule has 2 atom stereocenters. The van der Waals surface area contributed by atoms with Crippen LogP contribution in [0.25, 0.3) is 10.5 Å². The summed E-state index contributed by atoms with van der Waals surface area (Å²) < 4.78 is 84.4. The van der Waals surface area contributed by atoms with Crippen molar-refractivity contribution in [2.75, 3.05) is 6.26 Å². The zero-order valence-corrected chi connectivity index (χ0v) is 19.8. The van der Waals surface area contributed by atoms with E-state index in [9.17, 15) is 21.6 Å². The summed E-state index contributed by atoms with van der Waals surface area (Å²) in [7, 11) is -9.36. The number of nitrogens with one attached hydrogen (secondary N) is 1. The van der Waals surface area contributed by atoms with Crippen molar-refractivity contribution in [3.8, 4) is 0 Å². The third-order valence-corrected chi connectivity index (χ3v) is 4.41. The van der Waals surface area contributed by atoms with E-state index in [-0.39, 0.29) is 27.5 Å². The van der Waals surface area contributed by atoms with E-state index in [4.69, 9.17) is 18.7 Å². The van der Waals surface area contributed by atoms with E-state index in [1.165, 1.54) is 0 Å². The van der Waals surface area contributed by atoms with Gasteiger partial charge in [-0.05, 0) is 0 Å². The van der Waals surface area contributed by atoms with Gasteiger partial charge in [0.05, 0.1) is 10.0 Å². The molecule has 0 radical (unpaired) electrons. The molecule has 0 aliphatic heterocycles. The molecule has 0 bridgehead atoms. The zero-order valence-electron chi connectivity index (χ0n) is 15.7. The summed E-state index contributed by atoms with van der Waals surface area (Å²) in [5, 5.41) is 0. The van der Waals surface area contributed by atoms with Crippen molar-refractivity contribution in [2.24, 2.45) is 0 Å². The van der Waals surface area contributed by atoms with Crippen LogP contribution < -0.4 is 0 Å². The molecule has 0 heterocycles. The van der Waals surface area contributed by atoms with Gasteiger partial charge in [-0.1, -0.05) is 71.8 Å². The fourth-order valence-corrected chi connectivity index (χ4v) is 2.67. The minimum atomic E-state index is -5.84. The summed E-state index contributed by atoms with van der Waals surface area (Å²) in [5.41, 5.74) is 4.26. The predicted octanol–water partition coefficient (Wildman–Crippen LogP) is 4.70. The Morgan fingerprint density at radius 1 is 0.900 bits per heavy atom. The SMILES string of the molecule is CS(=O)(=O)[N-][C@H](c1ccccc1)[C@H]([NH-])c1ccccc1.O=S(=O)(O)C(F)(F)F.[CH3-].[Ir+3]. The Labute approximate surface area is 188 Å². The average Bonchev–Trinajstić information content (AvgIpc) is 2.59. The summed E-state index contributed by atoms with van der Waals surface area (Å²) >= 11 is 0. The second-order valence-electron chi connectivity index (χ2n) is 5.50. The molecular formula is C17H20F3IrN2O5S2. The number of rotatable bonds is 5. The molecule has 170 valence electrons. The Morgan fingerprint density at radius 3 is 1.53 bits per heavy atom. The van der Waals surface area contributed by atoms with Crippen LogP contribution in [-0.2, 0) is 40.2 Å². The van der Waals surface area contributed by atoms with E-state index in [0.29, 0.717) is 0 Å². The molecule has 2 aromatic carbocycles. The summed E-state index contributed by atoms with van der Waals surface area (Å²) in [4.78, 5) is 0. The van der Waals surface area contributed by atoms with Crippen LogP contribution in [0.15, 0.2) is 60.7 Å². The molecule has 13 heteroatoms. The Bertz CT molecular complexity index is 958. The third-order valence-electron chi connectivity index (χ3n) is 3.21. The molecular weight excluding hydrogens is 626 g/mol. The molecule has 30 heavy (non-hydrogen) atoms. The Hall–Kier alpha value is -1.34. The first-order chi connectivity index (χ1) is 12.7. The maximum atomic E-state index is 11.5. The summed E-state index contributed by atoms with van der Waals surface area (Å²) in [6.07, 6.45) is 1.06. The van der Waals surface area contributed by atoms with Crippen molar-refractivity contribution in [3.05, 3.63) is 89.7 Å². The molecule has 2 aromatic rings. The van der Waals surface area contributed by atoms with Gasteiger partial charge in [0.15, 0.2) is 0 Å². The predicted molar refractivity (Wildman–Crippen MR) is 105 cm³/mol. The van der Waals surface area contributed by atoms with E-state index in [1.807, 2.05) is 48.5 Å². The number of sulfonamides is 1. The first-order valence-corrected chi connectivity index (χ1v) is 10.8. The monoisotopic (exact) mass is 646 g/mol. The number of nitrogens with zero attached hydrogens (tertiary/aromatic N) is 1. The van der Waals surface area contributed by atoms with Crippen molar-refractivity contribution in [1.82, 2.24) is 0 Å². The zero-order chi connectivity index (χ0) is 21.6. The Kier molecular flexibility index (Phi) is 12.9. The van der Waals surface area contributed by atoms with Crippen LogP contribution in [0.5, 0.6) is 0 Å². The molecule has 2 rings (SSSR count). The summed E-state index contributed by atoms with van der Waals surface area (Å²) in [6.45, 7) is 0. The van der Waals surface area contributed by atoms with Gasteiger partial charge in [0.1, 0.15) is 0 Å². The van der Waals surface area contributed by atoms with Crippen molar-refractivity contribution in [3.63, 3.8) is 0 Å². The maximum absolute atomic E-state index is 11.5. The van der Waals surface area contributed by atoms with Gasteiger partial charge in [-0.15, -0.1) is 12.1 Å². The Balaban J connectivity index is 0. The topological polar surface area (TPSA) is 126 Å². The van der Waals surface area contributed by atoms with Crippen molar-refractivity contribution >= 4 is 20.1 Å². The van der Waals surface area contributed by atoms with Crippen LogP contribution in [0.1, 0.15) is 23.2 Å². The standard InChI is InChI=1S/C15H16N2O2S.CHF3O3S.CH3.Ir/c1-20(18,19)17-15(13-10-6-3-7-11-13)14(16)12-8-4-2-5-9-12;2-1(3,4)8(5,6)7;;/h2-11,14-16H,1H3;(H,5,6,7);1H3;/q-2;;-1;+3/t14-,15-;;;/m1.../s1. The van der Waals surface area contributed by atoms with Gasteiger partial charge in [-0.3, -0.25) is 4.55 Å². The second-order valence-corrected chi connectivity index (χ2v) is 8.59. The normalized spacial score (nSPS) is 13.5. The molecule has 0 fully saturated rings. The molecule has 7 nitrogen and oxygen atoms in total. The average molecular weight is 646 g/mol. The van der Waals surface area contributed by atoms with Crippen LogP contribution >= 0.6 is 0 Å². The fraction of sp³-hybridized carbons (Fsp3) is 0.235.